The average Bonchev–Trinajstić information content (AvgIpc) is 3.30. The van der Waals surface area contributed by atoms with Crippen LogP contribution < -0.4 is 10.2 Å². The van der Waals surface area contributed by atoms with E-state index in [0.717, 1.165) is 12.0 Å². The maximum Gasteiger partial charge on any atom is 0.249 e. The Bertz CT molecular complexity index is 1460. The van der Waals surface area contributed by atoms with E-state index in [1.807, 2.05) is 55.5 Å². The largest absolute Gasteiger partial charge is 0.354 e. The number of nitrogens with one attached hydrogen (secondary N) is 1. The number of ketones is 1. The monoisotopic (exact) mass is 511 g/mol. The van der Waals surface area contributed by atoms with Crippen molar-refractivity contribution in [1.82, 2.24) is 20.3 Å². The number of hydrogen-bond donors (Lipinski definition) is 1. The molecule has 0 aliphatic heterocycles. The summed E-state index contributed by atoms with van der Waals surface area (Å²) in [5.41, 5.74) is 3.89. The molecule has 0 radical (unpaired) electrons. The van der Waals surface area contributed by atoms with E-state index < -0.39 is 6.04 Å². The van der Waals surface area contributed by atoms with Crippen molar-refractivity contribution in [3.05, 3.63) is 89.5 Å². The van der Waals surface area contributed by atoms with E-state index in [-0.39, 0.29) is 24.1 Å². The molecule has 3 aromatic carbocycles. The van der Waals surface area contributed by atoms with Gasteiger partial charge in [-0.1, -0.05) is 67.6 Å². The van der Waals surface area contributed by atoms with Crippen molar-refractivity contribution in [1.29, 1.82) is 0 Å². The van der Waals surface area contributed by atoms with Gasteiger partial charge < -0.3 is 5.32 Å². The van der Waals surface area contributed by atoms with E-state index >= 15 is 0 Å². The molecule has 8 heteroatoms. The summed E-state index contributed by atoms with van der Waals surface area (Å²) in [6.07, 6.45) is 0.810. The second-order valence-electron chi connectivity index (χ2n) is 9.84. The van der Waals surface area contributed by atoms with Crippen molar-refractivity contribution in [2.45, 2.75) is 46.7 Å². The molecular weight excluding hydrogens is 478 g/mol. The lowest BCUT2D eigenvalue weighted by Crippen LogP contribution is -2.46. The predicted molar refractivity (Wildman–Crippen MR) is 148 cm³/mol. The van der Waals surface area contributed by atoms with Gasteiger partial charge in [-0.15, -0.1) is 5.10 Å². The number of carbonyl (C=O) groups is 3. The standard InChI is InChI=1S/C30H33N5O3/c1-20(2)16-17-31-30(38)29(25-13-6-5-10-21(25)3)35(24-12-9-11-23(18-24)22(4)36)28(37)19-34-27-15-8-7-14-26(27)32-33-34/h5-15,18,20,29H,16-17,19H2,1-4H3,(H,31,38)/t29-/m0/s1. The molecule has 2 amide bonds. The van der Waals surface area contributed by atoms with E-state index in [2.05, 4.69) is 29.5 Å². The molecule has 0 fully saturated rings. The Balaban J connectivity index is 1.82. The number of aromatic nitrogens is 3. The van der Waals surface area contributed by atoms with Gasteiger partial charge in [-0.25, -0.2) is 4.68 Å². The van der Waals surface area contributed by atoms with Crippen LogP contribution in [0.3, 0.4) is 0 Å². The zero-order valence-electron chi connectivity index (χ0n) is 22.2. The third-order valence-electron chi connectivity index (χ3n) is 6.52. The summed E-state index contributed by atoms with van der Waals surface area (Å²) >= 11 is 0. The van der Waals surface area contributed by atoms with Crippen molar-refractivity contribution < 1.29 is 14.4 Å². The topological polar surface area (TPSA) is 97.2 Å². The van der Waals surface area contributed by atoms with Gasteiger partial charge in [0.2, 0.25) is 11.8 Å². The first-order valence-corrected chi connectivity index (χ1v) is 12.8. The first-order chi connectivity index (χ1) is 18.3. The van der Waals surface area contributed by atoms with E-state index in [1.165, 1.54) is 16.5 Å². The van der Waals surface area contributed by atoms with Gasteiger partial charge in [-0.2, -0.15) is 0 Å². The summed E-state index contributed by atoms with van der Waals surface area (Å²) < 4.78 is 1.53. The number of aryl methyl sites for hydroxylation is 1. The molecule has 0 aliphatic carbocycles. The summed E-state index contributed by atoms with van der Waals surface area (Å²) in [5.74, 6) is -0.355. The molecular formula is C30H33N5O3. The number of para-hydroxylation sites is 1. The molecule has 0 saturated heterocycles. The summed E-state index contributed by atoms with van der Waals surface area (Å²) in [5, 5.41) is 11.4. The minimum absolute atomic E-state index is 0.129. The van der Waals surface area contributed by atoms with Crippen LogP contribution in [-0.2, 0) is 16.1 Å². The summed E-state index contributed by atoms with van der Waals surface area (Å²) in [7, 11) is 0. The second-order valence-corrected chi connectivity index (χ2v) is 9.84. The van der Waals surface area contributed by atoms with Crippen molar-refractivity contribution in [3.8, 4) is 0 Å². The number of carbonyl (C=O) groups excluding carboxylic acids is 3. The molecule has 0 spiro atoms. The number of benzene rings is 3. The van der Waals surface area contributed by atoms with Crippen LogP contribution in [0.15, 0.2) is 72.8 Å². The lowest BCUT2D eigenvalue weighted by Gasteiger charge is -2.32. The van der Waals surface area contributed by atoms with Gasteiger partial charge in [-0.05, 0) is 61.6 Å². The van der Waals surface area contributed by atoms with E-state index in [4.69, 9.17) is 0 Å². The number of rotatable bonds is 10. The highest BCUT2D eigenvalue weighted by atomic mass is 16.2. The fourth-order valence-corrected chi connectivity index (χ4v) is 4.42. The third kappa shape index (κ3) is 5.96. The molecule has 1 heterocycles. The molecule has 196 valence electrons. The normalized spacial score (nSPS) is 11.9. The van der Waals surface area contributed by atoms with Crippen LogP contribution in [0, 0.1) is 12.8 Å². The molecule has 1 aromatic heterocycles. The second kappa shape index (κ2) is 11.8. The number of Topliss-reactive ketones (excluding diaryl/α,β-unsaturated/α-hetero) is 1. The molecule has 1 N–H and O–H groups in total. The van der Waals surface area contributed by atoms with Gasteiger partial charge in [0.1, 0.15) is 18.1 Å². The van der Waals surface area contributed by atoms with Gasteiger partial charge >= 0.3 is 0 Å². The number of hydrogen-bond acceptors (Lipinski definition) is 5. The SMILES string of the molecule is CC(=O)c1cccc(N(C(=O)Cn2nnc3ccccc32)[C@H](C(=O)NCCC(C)C)c2ccccc2C)c1. The Kier molecular flexibility index (Phi) is 8.31. The summed E-state index contributed by atoms with van der Waals surface area (Å²) in [6.45, 7) is 7.94. The lowest BCUT2D eigenvalue weighted by atomic mass is 9.97. The zero-order chi connectivity index (χ0) is 27.2. The molecule has 1 atom stereocenters. The number of nitrogens with zero attached hydrogens (tertiary/aromatic N) is 4. The molecule has 0 unspecified atom stereocenters. The Labute approximate surface area is 222 Å². The minimum atomic E-state index is -0.951. The molecule has 0 aliphatic rings. The van der Waals surface area contributed by atoms with Crippen molar-refractivity contribution >= 4 is 34.3 Å². The fraction of sp³-hybridized carbons (Fsp3) is 0.300. The fourth-order valence-electron chi connectivity index (χ4n) is 4.42. The number of anilines is 1. The first-order valence-electron chi connectivity index (χ1n) is 12.8. The smallest absolute Gasteiger partial charge is 0.249 e. The van der Waals surface area contributed by atoms with Crippen LogP contribution >= 0.6 is 0 Å². The Morgan fingerprint density at radius 2 is 1.71 bits per heavy atom. The third-order valence-corrected chi connectivity index (χ3v) is 6.52. The molecule has 0 saturated carbocycles. The highest BCUT2D eigenvalue weighted by molar-refractivity contribution is 6.03. The lowest BCUT2D eigenvalue weighted by molar-refractivity contribution is -0.127. The van der Waals surface area contributed by atoms with E-state index in [0.29, 0.717) is 40.3 Å². The summed E-state index contributed by atoms with van der Waals surface area (Å²) in [6, 6.07) is 20.8. The molecule has 4 aromatic rings. The highest BCUT2D eigenvalue weighted by Crippen LogP contribution is 2.31. The first kappa shape index (κ1) is 26.7. The van der Waals surface area contributed by atoms with E-state index in [1.54, 1.807) is 24.3 Å². The van der Waals surface area contributed by atoms with Crippen molar-refractivity contribution in [2.75, 3.05) is 11.4 Å². The van der Waals surface area contributed by atoms with Crippen LogP contribution in [0.2, 0.25) is 0 Å². The quantitative estimate of drug-likeness (QED) is 0.306. The predicted octanol–water partition coefficient (Wildman–Crippen LogP) is 4.88. The average molecular weight is 512 g/mol. The minimum Gasteiger partial charge on any atom is -0.354 e. The molecule has 0 bridgehead atoms. The maximum absolute atomic E-state index is 14.1. The van der Waals surface area contributed by atoms with Gasteiger partial charge in [0.05, 0.1) is 5.52 Å². The van der Waals surface area contributed by atoms with Crippen LogP contribution in [0.25, 0.3) is 11.0 Å². The number of amides is 2. The number of fused-ring (bicyclic) bond motifs is 1. The van der Waals surface area contributed by atoms with Crippen LogP contribution in [0.5, 0.6) is 0 Å². The van der Waals surface area contributed by atoms with Crippen LogP contribution in [0.4, 0.5) is 5.69 Å². The van der Waals surface area contributed by atoms with Crippen molar-refractivity contribution in [3.63, 3.8) is 0 Å². The molecule has 8 nitrogen and oxygen atoms in total. The molecule has 38 heavy (non-hydrogen) atoms. The Morgan fingerprint density at radius 3 is 2.45 bits per heavy atom. The maximum atomic E-state index is 14.1. The summed E-state index contributed by atoms with van der Waals surface area (Å²) in [4.78, 5) is 41.6. The van der Waals surface area contributed by atoms with Gasteiger partial charge in [0.15, 0.2) is 5.78 Å². The van der Waals surface area contributed by atoms with Crippen LogP contribution in [-0.4, -0.2) is 39.1 Å². The van der Waals surface area contributed by atoms with Gasteiger partial charge in [0, 0.05) is 17.8 Å². The van der Waals surface area contributed by atoms with Crippen LogP contribution in [0.1, 0.15) is 54.7 Å². The Hall–Kier alpha value is -4.33. The molecule has 4 rings (SSSR count). The highest BCUT2D eigenvalue weighted by Gasteiger charge is 2.34. The Morgan fingerprint density at radius 1 is 0.974 bits per heavy atom. The van der Waals surface area contributed by atoms with Crippen molar-refractivity contribution in [2.24, 2.45) is 5.92 Å². The zero-order valence-corrected chi connectivity index (χ0v) is 22.2. The van der Waals surface area contributed by atoms with Gasteiger partial charge in [-0.3, -0.25) is 19.3 Å². The van der Waals surface area contributed by atoms with E-state index in [9.17, 15) is 14.4 Å². The van der Waals surface area contributed by atoms with Gasteiger partial charge in [0.25, 0.3) is 0 Å².